The first-order valence-corrected chi connectivity index (χ1v) is 10.7. The Balaban J connectivity index is 1.28. The molecule has 0 bridgehead atoms. The number of nitrogens with one attached hydrogen (secondary N) is 2. The number of benzene rings is 1. The van der Waals surface area contributed by atoms with Crippen molar-refractivity contribution in [2.24, 2.45) is 4.99 Å². The summed E-state index contributed by atoms with van der Waals surface area (Å²) in [5.41, 5.74) is 0. The molecule has 168 valence electrons. The zero-order valence-electron chi connectivity index (χ0n) is 18.3. The van der Waals surface area contributed by atoms with Crippen LogP contribution in [0, 0.1) is 5.82 Å². The fourth-order valence-electron chi connectivity index (χ4n) is 3.41. The number of anilines is 1. The molecule has 0 radical (unpaired) electrons. The molecule has 1 aromatic heterocycles. The van der Waals surface area contributed by atoms with Gasteiger partial charge in [0.25, 0.3) is 0 Å². The zero-order valence-corrected chi connectivity index (χ0v) is 18.3. The van der Waals surface area contributed by atoms with Crippen LogP contribution in [0.25, 0.3) is 0 Å². The van der Waals surface area contributed by atoms with Gasteiger partial charge in [0.1, 0.15) is 17.7 Å². The molecular formula is C22H32FN7O. The standard InChI is InChI=1S/C22H32FN7O/c1-18(31-20-7-3-6-19(23)16-20)17-28-21(24-2)25-10-5-11-29-12-14-30(15-13-29)22-26-8-4-9-27-22/h3-4,6-9,16,18H,5,10-15,17H2,1-2H3,(H2,24,25,28). The van der Waals surface area contributed by atoms with Crippen molar-refractivity contribution in [2.45, 2.75) is 19.4 Å². The summed E-state index contributed by atoms with van der Waals surface area (Å²) in [5, 5.41) is 6.59. The molecule has 2 N–H and O–H groups in total. The molecular weight excluding hydrogens is 397 g/mol. The van der Waals surface area contributed by atoms with Crippen LogP contribution < -0.4 is 20.3 Å². The van der Waals surface area contributed by atoms with Crippen molar-refractivity contribution in [3.8, 4) is 5.75 Å². The highest BCUT2D eigenvalue weighted by molar-refractivity contribution is 5.79. The van der Waals surface area contributed by atoms with Gasteiger partial charge in [-0.15, -0.1) is 0 Å². The zero-order chi connectivity index (χ0) is 21.9. The minimum Gasteiger partial charge on any atom is -0.489 e. The van der Waals surface area contributed by atoms with Gasteiger partial charge in [0.2, 0.25) is 5.95 Å². The number of halogens is 1. The van der Waals surface area contributed by atoms with Crippen LogP contribution in [-0.2, 0) is 0 Å². The van der Waals surface area contributed by atoms with Crippen LogP contribution in [-0.4, -0.2) is 79.8 Å². The Bertz CT molecular complexity index is 813. The quantitative estimate of drug-likeness (QED) is 0.357. The second-order valence-electron chi connectivity index (χ2n) is 7.50. The molecule has 0 amide bonds. The van der Waals surface area contributed by atoms with E-state index in [1.807, 2.05) is 13.0 Å². The number of hydrogen-bond donors (Lipinski definition) is 2. The fraction of sp³-hybridized carbons (Fsp3) is 0.500. The first kappa shape index (κ1) is 22.7. The lowest BCUT2D eigenvalue weighted by Crippen LogP contribution is -2.48. The van der Waals surface area contributed by atoms with Crippen LogP contribution >= 0.6 is 0 Å². The van der Waals surface area contributed by atoms with Gasteiger partial charge in [-0.25, -0.2) is 14.4 Å². The Morgan fingerprint density at radius 3 is 2.65 bits per heavy atom. The van der Waals surface area contributed by atoms with E-state index in [0.717, 1.165) is 57.6 Å². The number of piperazine rings is 1. The average Bonchev–Trinajstić information content (AvgIpc) is 2.79. The molecule has 31 heavy (non-hydrogen) atoms. The van der Waals surface area contributed by atoms with E-state index in [2.05, 4.69) is 35.4 Å². The van der Waals surface area contributed by atoms with E-state index in [-0.39, 0.29) is 11.9 Å². The second kappa shape index (κ2) is 12.0. The summed E-state index contributed by atoms with van der Waals surface area (Å²) in [6, 6.07) is 8.02. The smallest absolute Gasteiger partial charge is 0.225 e. The molecule has 0 saturated carbocycles. The fourth-order valence-corrected chi connectivity index (χ4v) is 3.41. The van der Waals surface area contributed by atoms with Gasteiger partial charge in [-0.3, -0.25) is 9.89 Å². The molecule has 2 heterocycles. The van der Waals surface area contributed by atoms with Gasteiger partial charge < -0.3 is 20.3 Å². The summed E-state index contributed by atoms with van der Waals surface area (Å²) in [7, 11) is 1.75. The Morgan fingerprint density at radius 2 is 1.94 bits per heavy atom. The topological polar surface area (TPSA) is 77.9 Å². The molecule has 1 aromatic carbocycles. The van der Waals surface area contributed by atoms with E-state index in [1.54, 1.807) is 31.6 Å². The maximum absolute atomic E-state index is 13.3. The van der Waals surface area contributed by atoms with E-state index >= 15 is 0 Å². The van der Waals surface area contributed by atoms with Crippen molar-refractivity contribution in [1.82, 2.24) is 25.5 Å². The molecule has 1 aliphatic rings. The van der Waals surface area contributed by atoms with E-state index in [9.17, 15) is 4.39 Å². The van der Waals surface area contributed by atoms with Crippen molar-refractivity contribution in [3.05, 3.63) is 48.5 Å². The van der Waals surface area contributed by atoms with Gasteiger partial charge in [0, 0.05) is 58.2 Å². The Labute approximate surface area is 183 Å². The summed E-state index contributed by atoms with van der Waals surface area (Å²) in [5.74, 6) is 1.77. The number of guanidine groups is 1. The van der Waals surface area contributed by atoms with Crippen molar-refractivity contribution >= 4 is 11.9 Å². The van der Waals surface area contributed by atoms with Crippen LogP contribution in [0.4, 0.5) is 10.3 Å². The second-order valence-corrected chi connectivity index (χ2v) is 7.50. The summed E-state index contributed by atoms with van der Waals surface area (Å²) in [6.45, 7) is 8.30. The third-order valence-corrected chi connectivity index (χ3v) is 5.06. The van der Waals surface area contributed by atoms with Crippen molar-refractivity contribution in [1.29, 1.82) is 0 Å². The van der Waals surface area contributed by atoms with Crippen LogP contribution in [0.15, 0.2) is 47.7 Å². The predicted molar refractivity (Wildman–Crippen MR) is 121 cm³/mol. The molecule has 3 rings (SSSR count). The van der Waals surface area contributed by atoms with E-state index in [0.29, 0.717) is 12.3 Å². The van der Waals surface area contributed by atoms with Crippen LogP contribution in [0.1, 0.15) is 13.3 Å². The van der Waals surface area contributed by atoms with Gasteiger partial charge in [0.05, 0.1) is 6.54 Å². The van der Waals surface area contributed by atoms with Crippen molar-refractivity contribution < 1.29 is 9.13 Å². The van der Waals surface area contributed by atoms with Crippen molar-refractivity contribution in [2.75, 3.05) is 57.8 Å². The normalized spacial score (nSPS) is 16.1. The highest BCUT2D eigenvalue weighted by atomic mass is 19.1. The minimum absolute atomic E-state index is 0.120. The molecule has 0 spiro atoms. The molecule has 1 atom stereocenters. The number of aromatic nitrogens is 2. The number of aliphatic imine (C=N–C) groups is 1. The summed E-state index contributed by atoms with van der Waals surface area (Å²) >= 11 is 0. The maximum atomic E-state index is 13.3. The van der Waals surface area contributed by atoms with Crippen LogP contribution in [0.5, 0.6) is 5.75 Å². The third kappa shape index (κ3) is 7.67. The molecule has 1 unspecified atom stereocenters. The first-order valence-electron chi connectivity index (χ1n) is 10.7. The van der Waals surface area contributed by atoms with Crippen LogP contribution in [0.2, 0.25) is 0 Å². The van der Waals surface area contributed by atoms with E-state index in [1.165, 1.54) is 12.1 Å². The highest BCUT2D eigenvalue weighted by Crippen LogP contribution is 2.13. The summed E-state index contributed by atoms with van der Waals surface area (Å²) in [4.78, 5) is 17.6. The largest absolute Gasteiger partial charge is 0.489 e. The predicted octanol–water partition coefficient (Wildman–Crippen LogP) is 1.76. The third-order valence-electron chi connectivity index (χ3n) is 5.06. The summed E-state index contributed by atoms with van der Waals surface area (Å²) in [6.07, 6.45) is 4.48. The van der Waals surface area contributed by atoms with Crippen molar-refractivity contribution in [3.63, 3.8) is 0 Å². The lowest BCUT2D eigenvalue weighted by Gasteiger charge is -2.34. The molecule has 0 aliphatic carbocycles. The van der Waals surface area contributed by atoms with Gasteiger partial charge in [-0.1, -0.05) is 6.07 Å². The van der Waals surface area contributed by atoms with Gasteiger partial charge >= 0.3 is 0 Å². The van der Waals surface area contributed by atoms with E-state index in [4.69, 9.17) is 4.74 Å². The Kier molecular flexibility index (Phi) is 8.84. The maximum Gasteiger partial charge on any atom is 0.225 e. The highest BCUT2D eigenvalue weighted by Gasteiger charge is 2.18. The van der Waals surface area contributed by atoms with Crippen LogP contribution in [0.3, 0.4) is 0 Å². The Hall–Kier alpha value is -2.94. The molecule has 2 aromatic rings. The molecule has 1 aliphatic heterocycles. The lowest BCUT2D eigenvalue weighted by molar-refractivity contribution is 0.223. The average molecular weight is 430 g/mol. The van der Waals surface area contributed by atoms with E-state index < -0.39 is 0 Å². The monoisotopic (exact) mass is 429 g/mol. The number of hydrogen-bond acceptors (Lipinski definition) is 6. The Morgan fingerprint density at radius 1 is 1.16 bits per heavy atom. The van der Waals surface area contributed by atoms with Gasteiger partial charge in [-0.2, -0.15) is 0 Å². The number of ether oxygens (including phenoxy) is 1. The first-order chi connectivity index (χ1) is 15.1. The SMILES string of the molecule is CN=C(NCCCN1CCN(c2ncccn2)CC1)NCC(C)Oc1cccc(F)c1. The molecule has 1 fully saturated rings. The lowest BCUT2D eigenvalue weighted by atomic mass is 10.3. The number of nitrogens with zero attached hydrogens (tertiary/aromatic N) is 5. The molecule has 8 nitrogen and oxygen atoms in total. The minimum atomic E-state index is -0.301. The van der Waals surface area contributed by atoms with Gasteiger partial charge in [0.15, 0.2) is 5.96 Å². The molecule has 1 saturated heterocycles. The van der Waals surface area contributed by atoms with Gasteiger partial charge in [-0.05, 0) is 38.1 Å². The molecule has 9 heteroatoms. The number of rotatable bonds is 9. The summed E-state index contributed by atoms with van der Waals surface area (Å²) < 4.78 is 19.0.